The van der Waals surface area contributed by atoms with Crippen molar-refractivity contribution in [3.05, 3.63) is 35.2 Å². The highest BCUT2D eigenvalue weighted by Crippen LogP contribution is 2.18. The van der Waals surface area contributed by atoms with Gasteiger partial charge in [0.1, 0.15) is 5.75 Å². The Hall–Kier alpha value is -2.28. The molecular weight excluding hydrogens is 254 g/mol. The molecule has 1 heterocycles. The lowest BCUT2D eigenvalue weighted by Crippen LogP contribution is -2.29. The molecule has 1 aromatic heterocycles. The van der Waals surface area contributed by atoms with Crippen molar-refractivity contribution >= 4 is 22.4 Å². The predicted octanol–water partition coefficient (Wildman–Crippen LogP) is 1.61. The lowest BCUT2D eigenvalue weighted by molar-refractivity contribution is 0.0962. The van der Waals surface area contributed by atoms with E-state index < -0.39 is 0 Å². The quantitative estimate of drug-likeness (QED) is 0.731. The van der Waals surface area contributed by atoms with Gasteiger partial charge in [-0.05, 0) is 24.3 Å². The number of hydrogen-bond donors (Lipinski definition) is 3. The zero-order chi connectivity index (χ0) is 13.0. The van der Waals surface area contributed by atoms with Crippen molar-refractivity contribution in [2.45, 2.75) is 0 Å². The summed E-state index contributed by atoms with van der Waals surface area (Å²) in [5, 5.41) is 10.9. The number of hydrogen-bond acceptors (Lipinski definition) is 6. The van der Waals surface area contributed by atoms with Crippen LogP contribution in [0.25, 0.3) is 0 Å². The highest BCUT2D eigenvalue weighted by Gasteiger charge is 2.06. The number of rotatable bonds is 4. The molecule has 18 heavy (non-hydrogen) atoms. The zero-order valence-corrected chi connectivity index (χ0v) is 10.3. The van der Waals surface area contributed by atoms with E-state index in [1.807, 2.05) is 0 Å². The maximum Gasteiger partial charge on any atom is 0.269 e. The maximum absolute atomic E-state index is 11.7. The third-order valence-electron chi connectivity index (χ3n) is 2.13. The predicted molar refractivity (Wildman–Crippen MR) is 67.9 cm³/mol. The fourth-order valence-electron chi connectivity index (χ4n) is 1.25. The standard InChI is InChI=1S/C11H11N3O3S/c1-17-8-4-2-7(3-5-8)10(16)13-14-11-12-9(15)6-18-11/h2-6,15H,1H3,(H,12,14)(H,13,16). The van der Waals surface area contributed by atoms with Crippen molar-refractivity contribution in [1.29, 1.82) is 0 Å². The van der Waals surface area contributed by atoms with E-state index in [2.05, 4.69) is 15.8 Å². The van der Waals surface area contributed by atoms with Crippen LogP contribution in [0, 0.1) is 0 Å². The minimum atomic E-state index is -0.299. The number of carbonyl (C=O) groups is 1. The summed E-state index contributed by atoms with van der Waals surface area (Å²) in [4.78, 5) is 15.5. The second kappa shape index (κ2) is 5.37. The lowest BCUT2D eigenvalue weighted by atomic mass is 10.2. The molecule has 0 unspecified atom stereocenters. The molecule has 7 heteroatoms. The van der Waals surface area contributed by atoms with Gasteiger partial charge in [-0.1, -0.05) is 11.3 Å². The highest BCUT2D eigenvalue weighted by molar-refractivity contribution is 7.13. The molecule has 0 bridgehead atoms. The van der Waals surface area contributed by atoms with E-state index in [4.69, 9.17) is 9.84 Å². The van der Waals surface area contributed by atoms with Gasteiger partial charge in [0.2, 0.25) is 11.0 Å². The Morgan fingerprint density at radius 1 is 1.39 bits per heavy atom. The van der Waals surface area contributed by atoms with Crippen LogP contribution in [0.3, 0.4) is 0 Å². The molecule has 0 saturated carbocycles. The first-order valence-electron chi connectivity index (χ1n) is 5.04. The number of methoxy groups -OCH3 is 1. The van der Waals surface area contributed by atoms with Crippen molar-refractivity contribution < 1.29 is 14.6 Å². The average Bonchev–Trinajstić information content (AvgIpc) is 2.82. The average molecular weight is 265 g/mol. The number of nitrogens with zero attached hydrogens (tertiary/aromatic N) is 1. The first-order chi connectivity index (χ1) is 8.69. The van der Waals surface area contributed by atoms with Crippen molar-refractivity contribution in [3.63, 3.8) is 0 Å². The molecule has 1 aromatic carbocycles. The Morgan fingerprint density at radius 2 is 2.11 bits per heavy atom. The fourth-order valence-corrected chi connectivity index (χ4v) is 1.77. The van der Waals surface area contributed by atoms with E-state index in [1.165, 1.54) is 16.7 Å². The van der Waals surface area contributed by atoms with Crippen molar-refractivity contribution in [2.24, 2.45) is 0 Å². The molecule has 0 fully saturated rings. The van der Waals surface area contributed by atoms with Crippen LogP contribution < -0.4 is 15.6 Å². The van der Waals surface area contributed by atoms with E-state index in [-0.39, 0.29) is 11.8 Å². The lowest BCUT2D eigenvalue weighted by Gasteiger charge is -2.06. The Bertz CT molecular complexity index is 539. The van der Waals surface area contributed by atoms with Gasteiger partial charge in [-0.3, -0.25) is 15.6 Å². The van der Waals surface area contributed by atoms with Crippen LogP contribution in [0.4, 0.5) is 5.13 Å². The number of ether oxygens (including phenoxy) is 1. The zero-order valence-electron chi connectivity index (χ0n) is 9.51. The largest absolute Gasteiger partial charge is 0.497 e. The topological polar surface area (TPSA) is 83.5 Å². The summed E-state index contributed by atoms with van der Waals surface area (Å²) < 4.78 is 5.00. The molecule has 2 aromatic rings. The van der Waals surface area contributed by atoms with Crippen molar-refractivity contribution in [2.75, 3.05) is 12.5 Å². The van der Waals surface area contributed by atoms with E-state index in [0.717, 1.165) is 0 Å². The summed E-state index contributed by atoms with van der Waals surface area (Å²) in [5.74, 6) is 0.304. The Morgan fingerprint density at radius 3 is 2.67 bits per heavy atom. The van der Waals surface area contributed by atoms with Crippen LogP contribution in [-0.4, -0.2) is 23.1 Å². The molecule has 0 aliphatic rings. The summed E-state index contributed by atoms with van der Waals surface area (Å²) in [6, 6.07) is 6.69. The number of aromatic hydroxyl groups is 1. The van der Waals surface area contributed by atoms with Crippen molar-refractivity contribution in [1.82, 2.24) is 10.4 Å². The van der Waals surface area contributed by atoms with Gasteiger partial charge in [0.05, 0.1) is 12.5 Å². The number of hydrazine groups is 1. The second-order valence-electron chi connectivity index (χ2n) is 3.32. The van der Waals surface area contributed by atoms with Gasteiger partial charge >= 0.3 is 0 Å². The maximum atomic E-state index is 11.7. The number of anilines is 1. The van der Waals surface area contributed by atoms with Gasteiger partial charge in [-0.2, -0.15) is 4.98 Å². The second-order valence-corrected chi connectivity index (χ2v) is 4.18. The number of thiazole rings is 1. The number of aromatic nitrogens is 1. The van der Waals surface area contributed by atoms with Crippen LogP contribution in [-0.2, 0) is 0 Å². The molecule has 0 saturated heterocycles. The summed E-state index contributed by atoms with van der Waals surface area (Å²) in [6.07, 6.45) is 0. The van der Waals surface area contributed by atoms with Crippen molar-refractivity contribution in [3.8, 4) is 11.6 Å². The molecule has 0 atom stereocenters. The van der Waals surface area contributed by atoms with Crippen LogP contribution in [0.2, 0.25) is 0 Å². The van der Waals surface area contributed by atoms with Gasteiger partial charge in [-0.25, -0.2) is 0 Å². The third kappa shape index (κ3) is 2.89. The van der Waals surface area contributed by atoms with E-state index in [0.29, 0.717) is 16.4 Å². The van der Waals surface area contributed by atoms with Gasteiger partial charge in [0.15, 0.2) is 0 Å². The highest BCUT2D eigenvalue weighted by atomic mass is 32.1. The number of nitrogens with one attached hydrogen (secondary N) is 2. The van der Waals surface area contributed by atoms with Gasteiger partial charge in [0, 0.05) is 5.56 Å². The number of carbonyl (C=O) groups excluding carboxylic acids is 1. The first-order valence-corrected chi connectivity index (χ1v) is 5.92. The Labute approximate surface area is 107 Å². The fraction of sp³-hybridized carbons (Fsp3) is 0.0909. The Balaban J connectivity index is 1.94. The van der Waals surface area contributed by atoms with Crippen LogP contribution in [0.1, 0.15) is 10.4 Å². The number of benzene rings is 1. The first kappa shape index (κ1) is 12.2. The summed E-state index contributed by atoms with van der Waals surface area (Å²) in [5.41, 5.74) is 5.57. The third-order valence-corrected chi connectivity index (χ3v) is 2.87. The molecule has 1 amide bonds. The molecule has 3 N–H and O–H groups in total. The van der Waals surface area contributed by atoms with Crippen LogP contribution in [0.15, 0.2) is 29.6 Å². The molecule has 0 radical (unpaired) electrons. The molecule has 0 spiro atoms. The minimum Gasteiger partial charge on any atom is -0.497 e. The van der Waals surface area contributed by atoms with E-state index in [1.54, 1.807) is 31.4 Å². The molecular formula is C11H11N3O3S. The van der Waals surface area contributed by atoms with Gasteiger partial charge in [-0.15, -0.1) is 0 Å². The van der Waals surface area contributed by atoms with Crippen LogP contribution in [0.5, 0.6) is 11.6 Å². The van der Waals surface area contributed by atoms with Crippen LogP contribution >= 0.6 is 11.3 Å². The van der Waals surface area contributed by atoms with E-state index in [9.17, 15) is 4.79 Å². The van der Waals surface area contributed by atoms with Gasteiger partial charge in [0.25, 0.3) is 5.91 Å². The van der Waals surface area contributed by atoms with E-state index >= 15 is 0 Å². The molecule has 0 aliphatic heterocycles. The molecule has 2 rings (SSSR count). The Kier molecular flexibility index (Phi) is 3.63. The summed E-state index contributed by atoms with van der Waals surface area (Å²) >= 11 is 1.19. The molecule has 0 aliphatic carbocycles. The minimum absolute atomic E-state index is 0.0822. The number of amides is 1. The SMILES string of the molecule is COc1ccc(C(=O)NNc2nc(O)cs2)cc1. The monoisotopic (exact) mass is 265 g/mol. The summed E-state index contributed by atoms with van der Waals surface area (Å²) in [6.45, 7) is 0. The normalized spacial score (nSPS) is 9.83. The smallest absolute Gasteiger partial charge is 0.269 e. The summed E-state index contributed by atoms with van der Waals surface area (Å²) in [7, 11) is 1.56. The molecule has 94 valence electrons. The molecule has 6 nitrogen and oxygen atoms in total. The van der Waals surface area contributed by atoms with Gasteiger partial charge < -0.3 is 9.84 Å².